The van der Waals surface area contributed by atoms with E-state index in [2.05, 4.69) is 12.2 Å². The van der Waals surface area contributed by atoms with Crippen LogP contribution < -0.4 is 5.32 Å². The molecule has 0 bridgehead atoms. The van der Waals surface area contributed by atoms with Crippen LogP contribution >= 0.6 is 0 Å². The molecule has 1 saturated carbocycles. The van der Waals surface area contributed by atoms with Gasteiger partial charge in [-0.1, -0.05) is 64.0 Å². The first kappa shape index (κ1) is 28.2. The van der Waals surface area contributed by atoms with Crippen LogP contribution in [0.5, 0.6) is 0 Å². The minimum Gasteiger partial charge on any atom is -0.480 e. The van der Waals surface area contributed by atoms with Gasteiger partial charge in [0.2, 0.25) is 0 Å². The van der Waals surface area contributed by atoms with Crippen LogP contribution in [0.4, 0.5) is 8.78 Å². The zero-order valence-electron chi connectivity index (χ0n) is 20.8. The Bertz CT molecular complexity index is 801. The number of aryl methyl sites for hydroxylation is 1. The van der Waals surface area contributed by atoms with Gasteiger partial charge < -0.3 is 15.2 Å². The average Bonchev–Trinajstić information content (AvgIpc) is 3.25. The van der Waals surface area contributed by atoms with E-state index in [4.69, 9.17) is 4.74 Å². The van der Waals surface area contributed by atoms with Crippen molar-refractivity contribution in [3.05, 3.63) is 34.9 Å². The first-order valence-electron chi connectivity index (χ1n) is 13.0. The molecule has 1 aliphatic carbocycles. The number of hydrogen-bond acceptors (Lipinski definition) is 4. The molecule has 0 aromatic heterocycles. The van der Waals surface area contributed by atoms with E-state index in [0.717, 1.165) is 19.3 Å². The van der Waals surface area contributed by atoms with E-state index < -0.39 is 29.0 Å². The molecule has 2 rings (SSSR count). The lowest BCUT2D eigenvalue weighted by atomic mass is 9.86. The zero-order valence-corrected chi connectivity index (χ0v) is 20.8. The summed E-state index contributed by atoms with van der Waals surface area (Å²) in [6.07, 6.45) is 11.0. The van der Waals surface area contributed by atoms with E-state index in [1.165, 1.54) is 32.1 Å². The van der Waals surface area contributed by atoms with Gasteiger partial charge in [-0.15, -0.1) is 0 Å². The van der Waals surface area contributed by atoms with E-state index in [0.29, 0.717) is 30.5 Å². The maximum atomic E-state index is 14.6. The van der Waals surface area contributed by atoms with Crippen LogP contribution in [-0.2, 0) is 27.2 Å². The minimum atomic E-state index is -1.53. The largest absolute Gasteiger partial charge is 0.480 e. The van der Waals surface area contributed by atoms with Crippen LogP contribution in [0.25, 0.3) is 0 Å². The monoisotopic (exact) mass is 481 g/mol. The van der Waals surface area contributed by atoms with Crippen molar-refractivity contribution in [1.29, 1.82) is 0 Å². The first-order valence-corrected chi connectivity index (χ1v) is 13.0. The van der Waals surface area contributed by atoms with E-state index in [1.54, 1.807) is 19.1 Å². The average molecular weight is 482 g/mol. The van der Waals surface area contributed by atoms with Gasteiger partial charge >= 0.3 is 11.9 Å². The molecule has 1 aromatic rings. The molecule has 0 saturated heterocycles. The number of aliphatic carboxylic acids is 1. The second kappa shape index (κ2) is 14.4. The van der Waals surface area contributed by atoms with E-state index in [1.807, 2.05) is 0 Å². The number of carboxylic acid groups (broad SMARTS) is 1. The van der Waals surface area contributed by atoms with Gasteiger partial charge in [0.05, 0.1) is 6.61 Å². The molecule has 34 heavy (non-hydrogen) atoms. The standard InChI is InChI=1S/C27H41F2NO4/c1-3-5-6-7-8-9-10-11-12-20-13-14-21(24(29)23(20)28)16-18-30-22-15-17-27(19-22,25(31)32)26(33)34-4-2/h13-14,22,30H,3-12,15-19H2,1-2H3,(H,31,32). The second-order valence-electron chi connectivity index (χ2n) is 9.49. The molecule has 192 valence electrons. The maximum Gasteiger partial charge on any atom is 0.323 e. The smallest absolute Gasteiger partial charge is 0.323 e. The van der Waals surface area contributed by atoms with Crippen molar-refractivity contribution >= 4 is 11.9 Å². The topological polar surface area (TPSA) is 75.6 Å². The van der Waals surface area contributed by atoms with Crippen LogP contribution in [0.1, 0.15) is 95.6 Å². The number of halogens is 2. The molecule has 7 heteroatoms. The van der Waals surface area contributed by atoms with Crippen LogP contribution in [0.15, 0.2) is 12.1 Å². The fourth-order valence-corrected chi connectivity index (χ4v) is 4.83. The number of ether oxygens (including phenoxy) is 1. The summed E-state index contributed by atoms with van der Waals surface area (Å²) in [4.78, 5) is 23.9. The van der Waals surface area contributed by atoms with E-state index >= 15 is 0 Å². The van der Waals surface area contributed by atoms with Crippen molar-refractivity contribution in [2.75, 3.05) is 13.2 Å². The quantitative estimate of drug-likeness (QED) is 0.173. The molecule has 1 aromatic carbocycles. The van der Waals surface area contributed by atoms with Crippen molar-refractivity contribution in [1.82, 2.24) is 5.32 Å². The second-order valence-corrected chi connectivity index (χ2v) is 9.49. The summed E-state index contributed by atoms with van der Waals surface area (Å²) >= 11 is 0. The highest BCUT2D eigenvalue weighted by Crippen LogP contribution is 2.40. The molecule has 0 spiro atoms. The highest BCUT2D eigenvalue weighted by Gasteiger charge is 2.52. The molecule has 0 amide bonds. The number of benzene rings is 1. The van der Waals surface area contributed by atoms with Gasteiger partial charge in [0, 0.05) is 6.04 Å². The number of rotatable bonds is 16. The lowest BCUT2D eigenvalue weighted by Crippen LogP contribution is -2.40. The Balaban J connectivity index is 1.78. The van der Waals surface area contributed by atoms with Gasteiger partial charge in [-0.05, 0) is 63.1 Å². The summed E-state index contributed by atoms with van der Waals surface area (Å²) in [5.41, 5.74) is -0.795. The molecule has 1 aliphatic rings. The number of unbranched alkanes of at least 4 members (excludes halogenated alkanes) is 7. The van der Waals surface area contributed by atoms with E-state index in [9.17, 15) is 23.5 Å². The van der Waals surface area contributed by atoms with Gasteiger partial charge in [0.25, 0.3) is 0 Å². The van der Waals surface area contributed by atoms with Crippen LogP contribution in [-0.4, -0.2) is 36.2 Å². The van der Waals surface area contributed by atoms with Gasteiger partial charge in [0.15, 0.2) is 17.0 Å². The number of nitrogens with one attached hydrogen (secondary N) is 1. The predicted molar refractivity (Wildman–Crippen MR) is 129 cm³/mol. The SMILES string of the molecule is CCCCCCCCCCc1ccc(CCNC2CCC(C(=O)O)(C(=O)OCC)C2)c(F)c1F. The summed E-state index contributed by atoms with van der Waals surface area (Å²) in [6, 6.07) is 3.14. The Morgan fingerprint density at radius 1 is 1.00 bits per heavy atom. The Labute approximate surface area is 202 Å². The Morgan fingerprint density at radius 3 is 2.18 bits per heavy atom. The van der Waals surface area contributed by atoms with Gasteiger partial charge in [-0.2, -0.15) is 0 Å². The van der Waals surface area contributed by atoms with Crippen LogP contribution in [0.3, 0.4) is 0 Å². The number of carbonyl (C=O) groups is 2. The zero-order chi connectivity index (χ0) is 25.0. The van der Waals surface area contributed by atoms with Crippen molar-refractivity contribution in [3.63, 3.8) is 0 Å². The Hall–Kier alpha value is -2.02. The highest BCUT2D eigenvalue weighted by atomic mass is 19.2. The molecule has 2 atom stereocenters. The van der Waals surface area contributed by atoms with Crippen molar-refractivity contribution in [2.24, 2.45) is 5.41 Å². The maximum absolute atomic E-state index is 14.6. The predicted octanol–water partition coefficient (Wildman–Crippen LogP) is 5.97. The summed E-state index contributed by atoms with van der Waals surface area (Å²) in [6.45, 7) is 4.35. The molecule has 1 fully saturated rings. The molecule has 2 unspecified atom stereocenters. The highest BCUT2D eigenvalue weighted by molar-refractivity contribution is 5.99. The molecule has 0 radical (unpaired) electrons. The van der Waals surface area contributed by atoms with Crippen molar-refractivity contribution in [3.8, 4) is 0 Å². The number of carbonyl (C=O) groups excluding carboxylic acids is 1. The molecule has 5 nitrogen and oxygen atoms in total. The summed E-state index contributed by atoms with van der Waals surface area (Å²) in [5, 5.41) is 12.8. The third-order valence-electron chi connectivity index (χ3n) is 6.96. The summed E-state index contributed by atoms with van der Waals surface area (Å²) < 4.78 is 34.1. The third kappa shape index (κ3) is 7.76. The van der Waals surface area contributed by atoms with Crippen LogP contribution in [0.2, 0.25) is 0 Å². The van der Waals surface area contributed by atoms with Gasteiger partial charge in [-0.25, -0.2) is 8.78 Å². The minimum absolute atomic E-state index is 0.131. The fourth-order valence-electron chi connectivity index (χ4n) is 4.83. The van der Waals surface area contributed by atoms with Gasteiger partial charge in [-0.3, -0.25) is 9.59 Å². The molecule has 2 N–H and O–H groups in total. The van der Waals surface area contributed by atoms with E-state index in [-0.39, 0.29) is 31.9 Å². The molecule has 0 heterocycles. The summed E-state index contributed by atoms with van der Waals surface area (Å²) in [5.74, 6) is -3.42. The molecular weight excluding hydrogens is 440 g/mol. The molecular formula is C27H41F2NO4. The first-order chi connectivity index (χ1) is 16.4. The lowest BCUT2D eigenvalue weighted by Gasteiger charge is -2.22. The Morgan fingerprint density at radius 2 is 1.59 bits per heavy atom. The van der Waals surface area contributed by atoms with Crippen LogP contribution in [0, 0.1) is 17.0 Å². The third-order valence-corrected chi connectivity index (χ3v) is 6.96. The van der Waals surface area contributed by atoms with Crippen molar-refractivity contribution in [2.45, 2.75) is 103 Å². The molecule has 0 aliphatic heterocycles. The Kier molecular flexibility index (Phi) is 11.9. The number of carboxylic acids is 1. The summed E-state index contributed by atoms with van der Waals surface area (Å²) in [7, 11) is 0. The fraction of sp³-hybridized carbons (Fsp3) is 0.704. The number of hydrogen-bond donors (Lipinski definition) is 2. The van der Waals surface area contributed by atoms with Gasteiger partial charge in [0.1, 0.15) is 0 Å². The normalized spacial score (nSPS) is 19.9. The number of esters is 1. The van der Waals surface area contributed by atoms with Crippen molar-refractivity contribution < 1.29 is 28.2 Å². The lowest BCUT2D eigenvalue weighted by molar-refractivity contribution is -0.168.